The van der Waals surface area contributed by atoms with E-state index in [9.17, 15) is 4.79 Å². The molecule has 0 atom stereocenters. The predicted octanol–water partition coefficient (Wildman–Crippen LogP) is 0.330. The fourth-order valence-corrected chi connectivity index (χ4v) is 1.64. The smallest absolute Gasteiger partial charge is 0.307 e. The average molecular weight is 208 g/mol. The predicted molar refractivity (Wildman–Crippen MR) is 54.1 cm³/mol. The van der Waals surface area contributed by atoms with Crippen LogP contribution in [-0.4, -0.2) is 14.5 Å². The second kappa shape index (κ2) is 3.59. The molecule has 0 spiro atoms. The number of nitrogens with zero attached hydrogens (tertiary/aromatic N) is 3. The van der Waals surface area contributed by atoms with E-state index < -0.39 is 0 Å². The molecule has 2 rings (SSSR count). The second-order valence-corrected chi connectivity index (χ2v) is 3.55. The summed E-state index contributed by atoms with van der Waals surface area (Å²) in [7, 11) is 0. The molecule has 2 heterocycles. The molecule has 0 aliphatic heterocycles. The van der Waals surface area contributed by atoms with E-state index in [4.69, 9.17) is 5.73 Å². The summed E-state index contributed by atoms with van der Waals surface area (Å²) in [6, 6.07) is 1.61. The number of anilines is 1. The fraction of sp³-hybridized carbons (Fsp3) is 0.125. The summed E-state index contributed by atoms with van der Waals surface area (Å²) in [4.78, 5) is 19.2. The topological polar surface area (TPSA) is 73.8 Å². The van der Waals surface area contributed by atoms with E-state index >= 15 is 0 Å². The summed E-state index contributed by atoms with van der Waals surface area (Å²) >= 11 is 1.15. The van der Waals surface area contributed by atoms with Gasteiger partial charge in [0, 0.05) is 17.8 Å². The van der Waals surface area contributed by atoms with Gasteiger partial charge >= 0.3 is 4.87 Å². The van der Waals surface area contributed by atoms with Crippen molar-refractivity contribution >= 4 is 17.2 Å². The fourth-order valence-electron chi connectivity index (χ4n) is 1.05. The number of thiazole rings is 1. The molecule has 0 saturated carbocycles. The minimum Gasteiger partial charge on any atom is -0.384 e. The molecule has 2 N–H and O–H groups in total. The number of rotatable bonds is 2. The molecule has 0 saturated heterocycles. The standard InChI is InChI=1S/C8H8N4OS/c9-6-1-2-10-7(11-6)5-12-3-4-14-8(12)13/h1-4H,5H2,(H2,9,10,11). The van der Waals surface area contributed by atoms with Gasteiger partial charge in [0.25, 0.3) is 0 Å². The highest BCUT2D eigenvalue weighted by Gasteiger charge is 2.00. The van der Waals surface area contributed by atoms with E-state index in [1.165, 1.54) is 0 Å². The van der Waals surface area contributed by atoms with Crippen molar-refractivity contribution in [2.75, 3.05) is 5.73 Å². The number of nitrogens with two attached hydrogens (primary N) is 1. The lowest BCUT2D eigenvalue weighted by molar-refractivity contribution is 0.734. The van der Waals surface area contributed by atoms with Crippen molar-refractivity contribution < 1.29 is 0 Å². The molecular weight excluding hydrogens is 200 g/mol. The Balaban J connectivity index is 2.27. The summed E-state index contributed by atoms with van der Waals surface area (Å²) in [6.07, 6.45) is 3.29. The molecule has 0 radical (unpaired) electrons. The van der Waals surface area contributed by atoms with Gasteiger partial charge in [-0.1, -0.05) is 11.3 Å². The van der Waals surface area contributed by atoms with Gasteiger partial charge in [-0.3, -0.25) is 9.36 Å². The van der Waals surface area contributed by atoms with E-state index in [2.05, 4.69) is 9.97 Å². The monoisotopic (exact) mass is 208 g/mol. The first kappa shape index (κ1) is 8.89. The third-order valence-electron chi connectivity index (χ3n) is 1.68. The van der Waals surface area contributed by atoms with Crippen molar-refractivity contribution in [2.45, 2.75) is 6.54 Å². The van der Waals surface area contributed by atoms with Crippen LogP contribution in [0.15, 0.2) is 28.6 Å². The minimum atomic E-state index is -0.0176. The SMILES string of the molecule is Nc1ccnc(Cn2ccsc2=O)n1. The number of nitrogen functional groups attached to an aromatic ring is 1. The van der Waals surface area contributed by atoms with E-state index in [-0.39, 0.29) is 4.87 Å². The lowest BCUT2D eigenvalue weighted by Crippen LogP contribution is -2.14. The Morgan fingerprint density at radius 2 is 2.43 bits per heavy atom. The van der Waals surface area contributed by atoms with E-state index in [1.807, 2.05) is 0 Å². The van der Waals surface area contributed by atoms with Crippen LogP contribution >= 0.6 is 11.3 Å². The highest BCUT2D eigenvalue weighted by molar-refractivity contribution is 7.07. The Morgan fingerprint density at radius 3 is 3.07 bits per heavy atom. The van der Waals surface area contributed by atoms with Crippen LogP contribution in [0.1, 0.15) is 5.82 Å². The van der Waals surface area contributed by atoms with Gasteiger partial charge < -0.3 is 5.73 Å². The quantitative estimate of drug-likeness (QED) is 0.771. The number of hydrogen-bond donors (Lipinski definition) is 1. The number of aromatic nitrogens is 3. The van der Waals surface area contributed by atoms with Gasteiger partial charge in [-0.15, -0.1) is 0 Å². The van der Waals surface area contributed by atoms with Crippen molar-refractivity contribution in [3.8, 4) is 0 Å². The van der Waals surface area contributed by atoms with Crippen molar-refractivity contribution in [2.24, 2.45) is 0 Å². The van der Waals surface area contributed by atoms with Crippen LogP contribution in [0.3, 0.4) is 0 Å². The maximum absolute atomic E-state index is 11.2. The summed E-state index contributed by atoms with van der Waals surface area (Å²) in [6.45, 7) is 0.368. The second-order valence-electron chi connectivity index (χ2n) is 2.69. The van der Waals surface area contributed by atoms with Crippen LogP contribution in [0.25, 0.3) is 0 Å². The molecule has 0 bridgehead atoms. The zero-order valence-corrected chi connectivity index (χ0v) is 8.07. The van der Waals surface area contributed by atoms with Crippen LogP contribution in [0.4, 0.5) is 5.82 Å². The van der Waals surface area contributed by atoms with Gasteiger partial charge in [-0.05, 0) is 6.07 Å². The lowest BCUT2D eigenvalue weighted by atomic mass is 10.5. The van der Waals surface area contributed by atoms with Gasteiger partial charge in [-0.2, -0.15) is 0 Å². The largest absolute Gasteiger partial charge is 0.384 e. The molecule has 14 heavy (non-hydrogen) atoms. The third kappa shape index (κ3) is 1.80. The zero-order chi connectivity index (χ0) is 9.97. The van der Waals surface area contributed by atoms with Crippen molar-refractivity contribution in [1.82, 2.24) is 14.5 Å². The molecule has 6 heteroatoms. The van der Waals surface area contributed by atoms with E-state index in [0.29, 0.717) is 18.2 Å². The summed E-state index contributed by atoms with van der Waals surface area (Å²) in [5.74, 6) is 0.962. The first-order valence-corrected chi connectivity index (χ1v) is 4.85. The average Bonchev–Trinajstić information content (AvgIpc) is 2.52. The highest BCUT2D eigenvalue weighted by atomic mass is 32.1. The summed E-state index contributed by atoms with van der Waals surface area (Å²) in [5, 5.41) is 1.73. The molecule has 0 unspecified atom stereocenters. The normalized spacial score (nSPS) is 10.3. The summed E-state index contributed by atoms with van der Waals surface area (Å²) in [5.41, 5.74) is 5.49. The van der Waals surface area contributed by atoms with Crippen molar-refractivity contribution in [3.63, 3.8) is 0 Å². The maximum atomic E-state index is 11.2. The molecule has 0 aromatic carbocycles. The Hall–Kier alpha value is -1.69. The molecular formula is C8H8N4OS. The van der Waals surface area contributed by atoms with Crippen LogP contribution in [0.2, 0.25) is 0 Å². The minimum absolute atomic E-state index is 0.0176. The highest BCUT2D eigenvalue weighted by Crippen LogP contribution is 1.98. The maximum Gasteiger partial charge on any atom is 0.307 e. The van der Waals surface area contributed by atoms with Crippen LogP contribution in [0, 0.1) is 0 Å². The van der Waals surface area contributed by atoms with Gasteiger partial charge in [0.15, 0.2) is 0 Å². The van der Waals surface area contributed by atoms with Crippen LogP contribution < -0.4 is 10.6 Å². The van der Waals surface area contributed by atoms with E-state index in [0.717, 1.165) is 11.3 Å². The lowest BCUT2D eigenvalue weighted by Gasteiger charge is -2.00. The first-order chi connectivity index (χ1) is 6.75. The third-order valence-corrected chi connectivity index (χ3v) is 2.38. The zero-order valence-electron chi connectivity index (χ0n) is 7.25. The van der Waals surface area contributed by atoms with Crippen molar-refractivity contribution in [3.05, 3.63) is 39.3 Å². The van der Waals surface area contributed by atoms with Gasteiger partial charge in [0.1, 0.15) is 11.6 Å². The summed E-state index contributed by atoms with van der Waals surface area (Å²) < 4.78 is 1.54. The molecule has 0 aliphatic carbocycles. The van der Waals surface area contributed by atoms with Gasteiger partial charge in [-0.25, -0.2) is 9.97 Å². The Kier molecular flexibility index (Phi) is 2.28. The molecule has 0 fully saturated rings. The molecule has 2 aromatic rings. The Labute approximate surface area is 83.9 Å². The first-order valence-electron chi connectivity index (χ1n) is 3.97. The van der Waals surface area contributed by atoms with Crippen LogP contribution in [0.5, 0.6) is 0 Å². The van der Waals surface area contributed by atoms with E-state index in [1.54, 1.807) is 28.4 Å². The van der Waals surface area contributed by atoms with Crippen molar-refractivity contribution in [1.29, 1.82) is 0 Å². The van der Waals surface area contributed by atoms with Gasteiger partial charge in [0.2, 0.25) is 0 Å². The molecule has 0 aliphatic rings. The molecule has 5 nitrogen and oxygen atoms in total. The molecule has 2 aromatic heterocycles. The molecule has 0 amide bonds. The number of hydrogen-bond acceptors (Lipinski definition) is 5. The van der Waals surface area contributed by atoms with Crippen LogP contribution in [-0.2, 0) is 6.54 Å². The molecule has 72 valence electrons. The Bertz CT molecular complexity index is 490. The van der Waals surface area contributed by atoms with Gasteiger partial charge in [0.05, 0.1) is 6.54 Å². The Morgan fingerprint density at radius 1 is 1.57 bits per heavy atom.